The number of hydrogen-bond acceptors (Lipinski definition) is 2. The molecule has 1 amide bonds. The number of unbranched alkanes of at least 4 members (excludes halogenated alkanes) is 1. The number of carbonyl (C=O) groups excluding carboxylic acids is 1. The molecule has 0 aliphatic carbocycles. The van der Waals surface area contributed by atoms with Crippen molar-refractivity contribution in [1.29, 1.82) is 0 Å². The Morgan fingerprint density at radius 2 is 1.95 bits per heavy atom. The van der Waals surface area contributed by atoms with E-state index in [9.17, 15) is 4.79 Å². The fourth-order valence-corrected chi connectivity index (χ4v) is 2.15. The SMILES string of the molecule is CC(C)(C(=O)NCCCCN)c1ccccc1Cl.Cl. The number of benzene rings is 1. The lowest BCUT2D eigenvalue weighted by Gasteiger charge is -2.25. The van der Waals surface area contributed by atoms with Gasteiger partial charge in [0.15, 0.2) is 0 Å². The predicted molar refractivity (Wildman–Crippen MR) is 83.0 cm³/mol. The lowest BCUT2D eigenvalue weighted by atomic mass is 9.83. The van der Waals surface area contributed by atoms with Crippen LogP contribution in [0.15, 0.2) is 24.3 Å². The summed E-state index contributed by atoms with van der Waals surface area (Å²) in [4.78, 5) is 12.2. The average molecular weight is 305 g/mol. The standard InChI is InChI=1S/C14H21ClN2O.ClH/c1-14(2,11-7-3-4-8-12(11)15)13(18)17-10-6-5-9-16;/h3-4,7-8H,5-6,9-10,16H2,1-2H3,(H,17,18);1H. The van der Waals surface area contributed by atoms with E-state index in [0.29, 0.717) is 18.1 Å². The van der Waals surface area contributed by atoms with Crippen LogP contribution in [-0.2, 0) is 10.2 Å². The zero-order valence-electron chi connectivity index (χ0n) is 11.4. The van der Waals surface area contributed by atoms with Crippen molar-refractivity contribution in [3.05, 3.63) is 34.9 Å². The smallest absolute Gasteiger partial charge is 0.230 e. The molecule has 0 unspecified atom stereocenters. The topological polar surface area (TPSA) is 55.1 Å². The molecular formula is C14H22Cl2N2O. The quantitative estimate of drug-likeness (QED) is 0.794. The van der Waals surface area contributed by atoms with Crippen LogP contribution in [0.1, 0.15) is 32.3 Å². The highest BCUT2D eigenvalue weighted by atomic mass is 35.5. The van der Waals surface area contributed by atoms with Crippen LogP contribution in [0.4, 0.5) is 0 Å². The van der Waals surface area contributed by atoms with Gasteiger partial charge in [0.25, 0.3) is 0 Å². The number of hydrogen-bond donors (Lipinski definition) is 2. The van der Waals surface area contributed by atoms with E-state index in [1.807, 2.05) is 32.0 Å². The molecule has 1 aromatic carbocycles. The van der Waals surface area contributed by atoms with Crippen LogP contribution in [-0.4, -0.2) is 19.0 Å². The Morgan fingerprint density at radius 3 is 2.53 bits per heavy atom. The molecular weight excluding hydrogens is 283 g/mol. The Labute approximate surface area is 126 Å². The van der Waals surface area contributed by atoms with Crippen LogP contribution in [0.5, 0.6) is 0 Å². The monoisotopic (exact) mass is 304 g/mol. The zero-order valence-corrected chi connectivity index (χ0v) is 13.0. The maximum absolute atomic E-state index is 12.2. The first-order chi connectivity index (χ1) is 8.50. The first-order valence-electron chi connectivity index (χ1n) is 6.23. The van der Waals surface area contributed by atoms with Gasteiger partial charge in [-0.2, -0.15) is 0 Å². The Hall–Kier alpha value is -0.770. The van der Waals surface area contributed by atoms with Crippen molar-refractivity contribution in [2.45, 2.75) is 32.1 Å². The molecule has 0 saturated carbocycles. The average Bonchev–Trinajstić information content (AvgIpc) is 2.34. The van der Waals surface area contributed by atoms with Gasteiger partial charge >= 0.3 is 0 Å². The molecule has 0 bridgehead atoms. The highest BCUT2D eigenvalue weighted by molar-refractivity contribution is 6.31. The van der Waals surface area contributed by atoms with Gasteiger partial charge in [0.1, 0.15) is 0 Å². The second-order valence-electron chi connectivity index (χ2n) is 4.86. The number of nitrogens with two attached hydrogens (primary N) is 1. The molecule has 0 aromatic heterocycles. The minimum Gasteiger partial charge on any atom is -0.355 e. The van der Waals surface area contributed by atoms with E-state index in [0.717, 1.165) is 18.4 Å². The lowest BCUT2D eigenvalue weighted by molar-refractivity contribution is -0.125. The van der Waals surface area contributed by atoms with Gasteiger partial charge < -0.3 is 11.1 Å². The van der Waals surface area contributed by atoms with Gasteiger partial charge in [0, 0.05) is 11.6 Å². The van der Waals surface area contributed by atoms with Gasteiger partial charge in [-0.15, -0.1) is 12.4 Å². The summed E-state index contributed by atoms with van der Waals surface area (Å²) in [7, 11) is 0. The Balaban J connectivity index is 0.00000324. The maximum atomic E-state index is 12.2. The Bertz CT molecular complexity index is 408. The molecule has 5 heteroatoms. The number of carbonyl (C=O) groups is 1. The maximum Gasteiger partial charge on any atom is 0.230 e. The van der Waals surface area contributed by atoms with Crippen LogP contribution in [0.25, 0.3) is 0 Å². The second-order valence-corrected chi connectivity index (χ2v) is 5.26. The van der Waals surface area contributed by atoms with E-state index in [2.05, 4.69) is 5.32 Å². The van der Waals surface area contributed by atoms with E-state index in [4.69, 9.17) is 17.3 Å². The molecule has 0 aliphatic heterocycles. The summed E-state index contributed by atoms with van der Waals surface area (Å²) >= 11 is 6.14. The van der Waals surface area contributed by atoms with Gasteiger partial charge in [-0.25, -0.2) is 0 Å². The fourth-order valence-electron chi connectivity index (χ4n) is 1.78. The van der Waals surface area contributed by atoms with Crippen LogP contribution < -0.4 is 11.1 Å². The molecule has 0 atom stereocenters. The molecule has 1 rings (SSSR count). The molecule has 0 spiro atoms. The van der Waals surface area contributed by atoms with E-state index in [1.54, 1.807) is 6.07 Å². The lowest BCUT2D eigenvalue weighted by Crippen LogP contribution is -2.40. The molecule has 3 nitrogen and oxygen atoms in total. The van der Waals surface area contributed by atoms with Gasteiger partial charge in [0.05, 0.1) is 5.41 Å². The summed E-state index contributed by atoms with van der Waals surface area (Å²) in [6.45, 7) is 5.08. The van der Waals surface area contributed by atoms with Crippen LogP contribution >= 0.6 is 24.0 Å². The van der Waals surface area contributed by atoms with Crippen molar-refractivity contribution < 1.29 is 4.79 Å². The predicted octanol–water partition coefficient (Wildman–Crippen LogP) is 2.89. The zero-order chi connectivity index (χ0) is 13.6. The Morgan fingerprint density at radius 1 is 1.32 bits per heavy atom. The number of rotatable bonds is 6. The van der Waals surface area contributed by atoms with Crippen molar-refractivity contribution in [3.8, 4) is 0 Å². The van der Waals surface area contributed by atoms with Crippen molar-refractivity contribution in [3.63, 3.8) is 0 Å². The summed E-state index contributed by atoms with van der Waals surface area (Å²) in [5.74, 6) is -0.00683. The third-order valence-corrected chi connectivity index (χ3v) is 3.36. The Kier molecular flexibility index (Phi) is 8.07. The van der Waals surface area contributed by atoms with Gasteiger partial charge in [0.2, 0.25) is 5.91 Å². The van der Waals surface area contributed by atoms with E-state index >= 15 is 0 Å². The number of amides is 1. The van der Waals surface area contributed by atoms with E-state index in [1.165, 1.54) is 0 Å². The third-order valence-electron chi connectivity index (χ3n) is 3.03. The highest BCUT2D eigenvalue weighted by Crippen LogP contribution is 2.29. The van der Waals surface area contributed by atoms with Crippen molar-refractivity contribution in [2.24, 2.45) is 5.73 Å². The summed E-state index contributed by atoms with van der Waals surface area (Å²) in [5.41, 5.74) is 5.64. The van der Waals surface area contributed by atoms with Crippen LogP contribution in [0.2, 0.25) is 5.02 Å². The van der Waals surface area contributed by atoms with Gasteiger partial charge in [-0.1, -0.05) is 29.8 Å². The first kappa shape index (κ1) is 18.2. The summed E-state index contributed by atoms with van der Waals surface area (Å²) in [5, 5.41) is 3.55. The summed E-state index contributed by atoms with van der Waals surface area (Å²) in [6.07, 6.45) is 1.83. The fraction of sp³-hybridized carbons (Fsp3) is 0.500. The van der Waals surface area contributed by atoms with Gasteiger partial charge in [-0.3, -0.25) is 4.79 Å². The molecule has 108 valence electrons. The molecule has 0 saturated heterocycles. The first-order valence-corrected chi connectivity index (χ1v) is 6.61. The summed E-state index contributed by atoms with van der Waals surface area (Å²) in [6, 6.07) is 7.45. The highest BCUT2D eigenvalue weighted by Gasteiger charge is 2.31. The molecule has 1 aromatic rings. The van der Waals surface area contributed by atoms with Crippen LogP contribution in [0, 0.1) is 0 Å². The minimum atomic E-state index is -0.624. The minimum absolute atomic E-state index is 0. The summed E-state index contributed by atoms with van der Waals surface area (Å²) < 4.78 is 0. The molecule has 0 aliphatic rings. The molecule has 0 fully saturated rings. The normalized spacial score (nSPS) is 10.7. The molecule has 19 heavy (non-hydrogen) atoms. The number of halogens is 2. The van der Waals surface area contributed by atoms with Crippen LogP contribution in [0.3, 0.4) is 0 Å². The largest absolute Gasteiger partial charge is 0.355 e. The van der Waals surface area contributed by atoms with E-state index < -0.39 is 5.41 Å². The van der Waals surface area contributed by atoms with Crippen molar-refractivity contribution in [2.75, 3.05) is 13.1 Å². The molecule has 0 heterocycles. The molecule has 3 N–H and O–H groups in total. The number of nitrogens with one attached hydrogen (secondary N) is 1. The third kappa shape index (κ3) is 5.01. The van der Waals surface area contributed by atoms with Gasteiger partial charge in [-0.05, 0) is 44.9 Å². The van der Waals surface area contributed by atoms with Crippen molar-refractivity contribution in [1.82, 2.24) is 5.32 Å². The van der Waals surface area contributed by atoms with E-state index in [-0.39, 0.29) is 18.3 Å². The second kappa shape index (κ2) is 8.41. The molecule has 0 radical (unpaired) electrons. The van der Waals surface area contributed by atoms with Crippen molar-refractivity contribution >= 4 is 29.9 Å².